The number of benzene rings is 2. The summed E-state index contributed by atoms with van der Waals surface area (Å²) in [6.07, 6.45) is 3.39. The quantitative estimate of drug-likeness (QED) is 0.777. The van der Waals surface area contributed by atoms with Crippen LogP contribution in [0.3, 0.4) is 0 Å². The van der Waals surface area contributed by atoms with Crippen LogP contribution in [-0.2, 0) is 11.2 Å². The molecule has 0 unspecified atom stereocenters. The summed E-state index contributed by atoms with van der Waals surface area (Å²) in [6.45, 7) is 1.92. The van der Waals surface area contributed by atoms with E-state index in [0.717, 1.165) is 25.1 Å². The first kappa shape index (κ1) is 20.3. The number of carbonyl (C=O) groups is 2. The highest BCUT2D eigenvalue weighted by Crippen LogP contribution is 2.31. The smallest absolute Gasteiger partial charge is 0.254 e. The van der Waals surface area contributed by atoms with Crippen LogP contribution in [0.5, 0.6) is 11.5 Å². The van der Waals surface area contributed by atoms with Gasteiger partial charge in [-0.25, -0.2) is 0 Å². The number of fused-ring (bicyclic) bond motifs is 1. The van der Waals surface area contributed by atoms with Crippen LogP contribution in [0.1, 0.15) is 35.2 Å². The van der Waals surface area contributed by atoms with E-state index in [9.17, 15) is 9.59 Å². The molecule has 2 aliphatic rings. The van der Waals surface area contributed by atoms with Gasteiger partial charge in [-0.2, -0.15) is 0 Å². The molecule has 1 fully saturated rings. The number of ether oxygens (including phenoxy) is 2. The summed E-state index contributed by atoms with van der Waals surface area (Å²) < 4.78 is 10.6. The Morgan fingerprint density at radius 1 is 0.933 bits per heavy atom. The molecule has 2 heterocycles. The molecule has 0 bridgehead atoms. The van der Waals surface area contributed by atoms with E-state index >= 15 is 0 Å². The van der Waals surface area contributed by atoms with Crippen molar-refractivity contribution in [2.75, 3.05) is 38.8 Å². The standard InChI is InChI=1S/C24H28N2O4/c1-29-20-14-19(15-21(16-20)30-2)23(27)25-12-9-18(10-13-25)24(28)26-11-5-7-17-6-3-4-8-22(17)26/h3-4,6,8,14-16,18H,5,7,9-13H2,1-2H3. The largest absolute Gasteiger partial charge is 0.497 e. The zero-order valence-electron chi connectivity index (χ0n) is 17.6. The van der Waals surface area contributed by atoms with Gasteiger partial charge in [0.2, 0.25) is 5.91 Å². The number of piperidine rings is 1. The molecule has 6 heteroatoms. The number of hydrogen-bond donors (Lipinski definition) is 0. The SMILES string of the molecule is COc1cc(OC)cc(C(=O)N2CCC(C(=O)N3CCCc4ccccc43)CC2)c1. The van der Waals surface area contributed by atoms with Gasteiger partial charge in [0.25, 0.3) is 5.91 Å². The summed E-state index contributed by atoms with van der Waals surface area (Å²) in [5.41, 5.74) is 2.84. The number of rotatable bonds is 4. The van der Waals surface area contributed by atoms with Crippen LogP contribution >= 0.6 is 0 Å². The molecule has 2 aromatic rings. The molecule has 0 atom stereocenters. The fraction of sp³-hybridized carbons (Fsp3) is 0.417. The number of para-hydroxylation sites is 1. The second-order valence-electron chi connectivity index (χ2n) is 7.89. The maximum Gasteiger partial charge on any atom is 0.254 e. The molecule has 2 aliphatic heterocycles. The van der Waals surface area contributed by atoms with Gasteiger partial charge >= 0.3 is 0 Å². The number of aryl methyl sites for hydroxylation is 1. The van der Waals surface area contributed by atoms with Gasteiger partial charge in [0, 0.05) is 42.9 Å². The molecule has 2 aromatic carbocycles. The Balaban J connectivity index is 1.42. The summed E-state index contributed by atoms with van der Waals surface area (Å²) in [5, 5.41) is 0. The van der Waals surface area contributed by atoms with Crippen molar-refractivity contribution in [1.29, 1.82) is 0 Å². The Morgan fingerprint density at radius 2 is 1.60 bits per heavy atom. The lowest BCUT2D eigenvalue weighted by Gasteiger charge is -2.36. The minimum atomic E-state index is -0.0542. The molecule has 0 spiro atoms. The summed E-state index contributed by atoms with van der Waals surface area (Å²) >= 11 is 0. The third-order valence-electron chi connectivity index (χ3n) is 6.11. The molecule has 1 saturated heterocycles. The van der Waals surface area contributed by atoms with Crippen LogP contribution < -0.4 is 14.4 Å². The number of nitrogens with zero attached hydrogens (tertiary/aromatic N) is 2. The average molecular weight is 408 g/mol. The van der Waals surface area contributed by atoms with Gasteiger partial charge < -0.3 is 19.3 Å². The van der Waals surface area contributed by atoms with Gasteiger partial charge in [-0.1, -0.05) is 18.2 Å². The lowest BCUT2D eigenvalue weighted by atomic mass is 9.92. The third kappa shape index (κ3) is 3.99. The highest BCUT2D eigenvalue weighted by molar-refractivity contribution is 5.97. The van der Waals surface area contributed by atoms with E-state index in [1.807, 2.05) is 28.0 Å². The number of likely N-dealkylation sites (tertiary alicyclic amines) is 1. The first-order valence-electron chi connectivity index (χ1n) is 10.5. The molecule has 0 radical (unpaired) electrons. The first-order chi connectivity index (χ1) is 14.6. The van der Waals surface area contributed by atoms with Crippen molar-refractivity contribution in [2.45, 2.75) is 25.7 Å². The monoisotopic (exact) mass is 408 g/mol. The molecule has 0 saturated carbocycles. The van der Waals surface area contributed by atoms with Crippen molar-refractivity contribution in [1.82, 2.24) is 4.90 Å². The van der Waals surface area contributed by atoms with E-state index in [0.29, 0.717) is 43.0 Å². The van der Waals surface area contributed by atoms with Crippen LogP contribution in [0.4, 0.5) is 5.69 Å². The van der Waals surface area contributed by atoms with Gasteiger partial charge in [0.15, 0.2) is 0 Å². The molecule has 4 rings (SSSR count). The minimum Gasteiger partial charge on any atom is -0.497 e. The van der Waals surface area contributed by atoms with Crippen molar-refractivity contribution in [3.05, 3.63) is 53.6 Å². The van der Waals surface area contributed by atoms with Gasteiger partial charge in [-0.15, -0.1) is 0 Å². The van der Waals surface area contributed by atoms with Crippen LogP contribution in [0, 0.1) is 5.92 Å². The van der Waals surface area contributed by atoms with Crippen LogP contribution in [-0.4, -0.2) is 50.6 Å². The van der Waals surface area contributed by atoms with E-state index in [2.05, 4.69) is 6.07 Å². The molecule has 0 N–H and O–H groups in total. The summed E-state index contributed by atoms with van der Waals surface area (Å²) in [5.74, 6) is 1.27. The van der Waals surface area contributed by atoms with E-state index in [1.54, 1.807) is 32.4 Å². The normalized spacial score (nSPS) is 16.7. The fourth-order valence-electron chi connectivity index (χ4n) is 4.43. The number of hydrogen-bond acceptors (Lipinski definition) is 4. The van der Waals surface area contributed by atoms with Crippen LogP contribution in [0.2, 0.25) is 0 Å². The minimum absolute atomic E-state index is 0.0416. The van der Waals surface area contributed by atoms with E-state index in [4.69, 9.17) is 9.47 Å². The maximum absolute atomic E-state index is 13.2. The predicted octanol–water partition coefficient (Wildman–Crippen LogP) is 3.54. The number of anilines is 1. The third-order valence-corrected chi connectivity index (χ3v) is 6.11. The summed E-state index contributed by atoms with van der Waals surface area (Å²) in [6, 6.07) is 13.4. The summed E-state index contributed by atoms with van der Waals surface area (Å²) in [7, 11) is 3.14. The highest BCUT2D eigenvalue weighted by atomic mass is 16.5. The molecular formula is C24H28N2O4. The van der Waals surface area contributed by atoms with Crippen LogP contribution in [0.15, 0.2) is 42.5 Å². The topological polar surface area (TPSA) is 59.1 Å². The van der Waals surface area contributed by atoms with Crippen molar-refractivity contribution in [2.24, 2.45) is 5.92 Å². The molecular weight excluding hydrogens is 380 g/mol. The second kappa shape index (κ2) is 8.78. The Kier molecular flexibility index (Phi) is 5.93. The zero-order chi connectivity index (χ0) is 21.1. The zero-order valence-corrected chi connectivity index (χ0v) is 17.6. The summed E-state index contributed by atoms with van der Waals surface area (Å²) in [4.78, 5) is 30.0. The van der Waals surface area contributed by atoms with Gasteiger partial charge in [-0.05, 0) is 49.4 Å². The average Bonchev–Trinajstić information content (AvgIpc) is 2.82. The lowest BCUT2D eigenvalue weighted by molar-refractivity contribution is -0.123. The second-order valence-corrected chi connectivity index (χ2v) is 7.89. The first-order valence-corrected chi connectivity index (χ1v) is 10.5. The van der Waals surface area contributed by atoms with Gasteiger partial charge in [0.1, 0.15) is 11.5 Å². The number of carbonyl (C=O) groups excluding carboxylic acids is 2. The molecule has 30 heavy (non-hydrogen) atoms. The van der Waals surface area contributed by atoms with Gasteiger partial charge in [-0.3, -0.25) is 9.59 Å². The van der Waals surface area contributed by atoms with Crippen molar-refractivity contribution in [3.63, 3.8) is 0 Å². The number of methoxy groups -OCH3 is 2. The Labute approximate surface area is 177 Å². The Bertz CT molecular complexity index is 912. The lowest BCUT2D eigenvalue weighted by Crippen LogP contribution is -2.45. The van der Waals surface area contributed by atoms with Crippen LogP contribution in [0.25, 0.3) is 0 Å². The molecule has 6 nitrogen and oxygen atoms in total. The van der Waals surface area contributed by atoms with Crippen molar-refractivity contribution < 1.29 is 19.1 Å². The molecule has 158 valence electrons. The highest BCUT2D eigenvalue weighted by Gasteiger charge is 2.32. The van der Waals surface area contributed by atoms with E-state index in [1.165, 1.54) is 5.56 Å². The predicted molar refractivity (Wildman–Crippen MR) is 115 cm³/mol. The molecule has 2 amide bonds. The molecule has 0 aliphatic carbocycles. The van der Waals surface area contributed by atoms with Crippen molar-refractivity contribution >= 4 is 17.5 Å². The molecule has 0 aromatic heterocycles. The fourth-order valence-corrected chi connectivity index (χ4v) is 4.43. The van der Waals surface area contributed by atoms with E-state index < -0.39 is 0 Å². The number of amides is 2. The van der Waals surface area contributed by atoms with Gasteiger partial charge in [0.05, 0.1) is 14.2 Å². The Morgan fingerprint density at radius 3 is 2.27 bits per heavy atom. The maximum atomic E-state index is 13.2. The van der Waals surface area contributed by atoms with E-state index in [-0.39, 0.29) is 17.7 Å². The van der Waals surface area contributed by atoms with Crippen molar-refractivity contribution in [3.8, 4) is 11.5 Å². The Hall–Kier alpha value is -3.02.